The number of rotatable bonds is 16. The summed E-state index contributed by atoms with van der Waals surface area (Å²) < 4.78 is 33.6. The molecule has 210 valence electrons. The van der Waals surface area contributed by atoms with Crippen LogP contribution in [0.3, 0.4) is 0 Å². The number of hydrogen-bond donors (Lipinski definition) is 0. The Balaban J connectivity index is 0.000000384. The Bertz CT molecular complexity index is 1160. The predicted molar refractivity (Wildman–Crippen MR) is 158 cm³/mol. The first kappa shape index (κ1) is 32.0. The molecule has 4 nitrogen and oxygen atoms in total. The molecule has 0 aliphatic carbocycles. The van der Waals surface area contributed by atoms with Gasteiger partial charge in [-0.1, -0.05) is 114 Å². The van der Waals surface area contributed by atoms with Crippen molar-refractivity contribution in [2.45, 2.75) is 122 Å². The number of hydrogen-bond acceptors (Lipinski definition) is 3. The Labute approximate surface area is 232 Å². The first-order valence-electron chi connectivity index (χ1n) is 14.7. The van der Waals surface area contributed by atoms with Crippen molar-refractivity contribution >= 4 is 21.0 Å². The summed E-state index contributed by atoms with van der Waals surface area (Å²) in [4.78, 5) is -0.178. The van der Waals surface area contributed by atoms with Gasteiger partial charge in [-0.3, -0.25) is 0 Å². The van der Waals surface area contributed by atoms with Gasteiger partial charge >= 0.3 is 0 Å². The molecule has 0 atom stereocenters. The van der Waals surface area contributed by atoms with E-state index in [1.165, 1.54) is 118 Å². The van der Waals surface area contributed by atoms with E-state index in [0.29, 0.717) is 0 Å². The third-order valence-corrected chi connectivity index (χ3v) is 8.05. The van der Waals surface area contributed by atoms with E-state index < -0.39 is 10.1 Å². The summed E-state index contributed by atoms with van der Waals surface area (Å²) in [5, 5.41) is 1.39. The Morgan fingerprint density at radius 1 is 0.658 bits per heavy atom. The summed E-state index contributed by atoms with van der Waals surface area (Å²) in [6.45, 7) is 7.47. The minimum absolute atomic E-state index is 0.178. The lowest BCUT2D eigenvalue weighted by atomic mass is 10.0. The molecule has 0 fully saturated rings. The molecule has 0 saturated heterocycles. The molecule has 0 spiro atoms. The van der Waals surface area contributed by atoms with Crippen LogP contribution in [-0.4, -0.2) is 13.0 Å². The van der Waals surface area contributed by atoms with Crippen LogP contribution in [0.15, 0.2) is 65.7 Å². The van der Waals surface area contributed by atoms with Crippen molar-refractivity contribution in [1.82, 2.24) is 0 Å². The van der Waals surface area contributed by atoms with Crippen molar-refractivity contribution in [3.05, 3.63) is 71.9 Å². The van der Waals surface area contributed by atoms with Crippen molar-refractivity contribution in [3.8, 4) is 0 Å². The molecule has 5 heteroatoms. The maximum absolute atomic E-state index is 10.4. The van der Waals surface area contributed by atoms with Crippen molar-refractivity contribution in [2.75, 3.05) is 0 Å². The zero-order valence-electron chi connectivity index (χ0n) is 24.0. The number of nitrogens with zero attached hydrogens (tertiary/aromatic N) is 1. The molecule has 1 heterocycles. The highest BCUT2D eigenvalue weighted by Crippen LogP contribution is 2.15. The highest BCUT2D eigenvalue weighted by Gasteiger charge is 2.09. The Morgan fingerprint density at radius 3 is 1.68 bits per heavy atom. The number of benzene rings is 2. The van der Waals surface area contributed by atoms with Gasteiger partial charge in [0, 0.05) is 23.9 Å². The van der Waals surface area contributed by atoms with Crippen molar-refractivity contribution in [1.29, 1.82) is 0 Å². The minimum Gasteiger partial charge on any atom is -0.744 e. The quantitative estimate of drug-likeness (QED) is 0.104. The lowest BCUT2D eigenvalue weighted by Crippen LogP contribution is -2.34. The average molecular weight is 540 g/mol. The van der Waals surface area contributed by atoms with E-state index in [1.807, 2.05) is 6.92 Å². The minimum atomic E-state index is -4.27. The van der Waals surface area contributed by atoms with Crippen LogP contribution in [0.25, 0.3) is 10.9 Å². The van der Waals surface area contributed by atoms with E-state index in [-0.39, 0.29) is 4.90 Å². The van der Waals surface area contributed by atoms with Gasteiger partial charge in [-0.05, 0) is 44.0 Å². The number of para-hydroxylation sites is 1. The normalized spacial score (nSPS) is 11.4. The summed E-state index contributed by atoms with van der Waals surface area (Å²) in [6.07, 6.45) is 22.2. The summed E-state index contributed by atoms with van der Waals surface area (Å²) in [7, 11) is -4.27. The lowest BCUT2D eigenvalue weighted by molar-refractivity contribution is -0.671. The van der Waals surface area contributed by atoms with Crippen LogP contribution in [0.5, 0.6) is 0 Å². The molecule has 0 aliphatic heterocycles. The third kappa shape index (κ3) is 12.5. The van der Waals surface area contributed by atoms with Gasteiger partial charge < -0.3 is 4.55 Å². The fourth-order valence-corrected chi connectivity index (χ4v) is 5.28. The second-order valence-electron chi connectivity index (χ2n) is 10.6. The molecular formula is C33H49NO3S. The van der Waals surface area contributed by atoms with E-state index >= 15 is 0 Å². The van der Waals surface area contributed by atoms with Gasteiger partial charge in [0.15, 0.2) is 6.20 Å². The van der Waals surface area contributed by atoms with Crippen LogP contribution in [0.1, 0.15) is 108 Å². The first-order valence-corrected chi connectivity index (χ1v) is 16.1. The van der Waals surface area contributed by atoms with Crippen LogP contribution in [0.4, 0.5) is 0 Å². The number of unbranched alkanes of at least 4 members (excludes halogenated alkanes) is 13. The van der Waals surface area contributed by atoms with Gasteiger partial charge in [-0.15, -0.1) is 0 Å². The molecule has 3 aromatic rings. The monoisotopic (exact) mass is 539 g/mol. The first-order chi connectivity index (χ1) is 18.3. The molecular weight excluding hydrogens is 490 g/mol. The lowest BCUT2D eigenvalue weighted by Gasteiger charge is -2.05. The number of aromatic nitrogens is 1. The van der Waals surface area contributed by atoms with E-state index in [1.54, 1.807) is 12.1 Å². The highest BCUT2D eigenvalue weighted by atomic mass is 32.2. The number of aryl methyl sites for hydroxylation is 3. The van der Waals surface area contributed by atoms with Crippen LogP contribution in [-0.2, 0) is 16.7 Å². The van der Waals surface area contributed by atoms with Crippen LogP contribution in [0.2, 0.25) is 0 Å². The average Bonchev–Trinajstić information content (AvgIpc) is 2.90. The SMILES string of the molecule is CCCCCCCCCCCCCCCC[n+]1ccc(C)c2ccccc21.Cc1ccc(S(=O)(=O)[O-])cc1. The second kappa shape index (κ2) is 18.1. The van der Waals surface area contributed by atoms with Crippen molar-refractivity contribution in [2.24, 2.45) is 0 Å². The van der Waals surface area contributed by atoms with Crippen LogP contribution >= 0.6 is 0 Å². The Morgan fingerprint density at radius 2 is 1.16 bits per heavy atom. The summed E-state index contributed by atoms with van der Waals surface area (Å²) in [6, 6.07) is 16.8. The molecule has 0 aliphatic rings. The zero-order chi connectivity index (χ0) is 27.6. The predicted octanol–water partition coefficient (Wildman–Crippen LogP) is 8.82. The number of pyridine rings is 1. The molecule has 0 saturated carbocycles. The Kier molecular flexibility index (Phi) is 15.2. The number of fused-ring (bicyclic) bond motifs is 1. The standard InChI is InChI=1S/C26H42N.C7H8O3S/c1-3-4-5-6-7-8-9-10-11-12-13-14-15-18-22-27-23-21-24(2)25-19-16-17-20-26(25)27;1-6-2-4-7(5-3-6)11(8,9)10/h16-17,19-21,23H,3-15,18,22H2,1-2H3;2-5H,1H3,(H,8,9,10)/q+1;/p-1. The summed E-state index contributed by atoms with van der Waals surface area (Å²) in [5.74, 6) is 0. The molecule has 0 radical (unpaired) electrons. The molecule has 0 N–H and O–H groups in total. The molecule has 1 aromatic heterocycles. The molecule has 38 heavy (non-hydrogen) atoms. The maximum atomic E-state index is 10.4. The van der Waals surface area contributed by atoms with Gasteiger partial charge in [0.05, 0.1) is 4.90 Å². The van der Waals surface area contributed by atoms with E-state index in [9.17, 15) is 13.0 Å². The molecule has 3 rings (SSSR count). The molecule has 2 aromatic carbocycles. The van der Waals surface area contributed by atoms with Crippen LogP contribution < -0.4 is 4.57 Å². The van der Waals surface area contributed by atoms with Gasteiger partial charge in [-0.2, -0.15) is 4.57 Å². The Hall–Kier alpha value is -2.24. The molecule has 0 bridgehead atoms. The summed E-state index contributed by atoms with van der Waals surface area (Å²) in [5.41, 5.74) is 3.69. The largest absolute Gasteiger partial charge is 0.744 e. The maximum Gasteiger partial charge on any atom is 0.212 e. The van der Waals surface area contributed by atoms with Gasteiger partial charge in [0.25, 0.3) is 0 Å². The van der Waals surface area contributed by atoms with Crippen LogP contribution in [0, 0.1) is 13.8 Å². The third-order valence-electron chi connectivity index (χ3n) is 7.21. The van der Waals surface area contributed by atoms with E-state index in [2.05, 4.69) is 54.9 Å². The highest BCUT2D eigenvalue weighted by molar-refractivity contribution is 7.85. The fourth-order valence-electron chi connectivity index (χ4n) is 4.81. The van der Waals surface area contributed by atoms with Crippen molar-refractivity contribution < 1.29 is 17.5 Å². The zero-order valence-corrected chi connectivity index (χ0v) is 24.8. The second-order valence-corrected chi connectivity index (χ2v) is 12.0. The van der Waals surface area contributed by atoms with Crippen molar-refractivity contribution in [3.63, 3.8) is 0 Å². The van der Waals surface area contributed by atoms with E-state index in [4.69, 9.17) is 0 Å². The topological polar surface area (TPSA) is 61.1 Å². The van der Waals surface area contributed by atoms with Gasteiger partial charge in [-0.25, -0.2) is 8.42 Å². The van der Waals surface area contributed by atoms with Gasteiger partial charge in [0.2, 0.25) is 5.52 Å². The van der Waals surface area contributed by atoms with E-state index in [0.717, 1.165) is 12.1 Å². The smallest absolute Gasteiger partial charge is 0.212 e. The molecule has 0 amide bonds. The van der Waals surface area contributed by atoms with Gasteiger partial charge in [0.1, 0.15) is 16.7 Å². The fraction of sp³-hybridized carbons (Fsp3) is 0.545. The molecule has 0 unspecified atom stereocenters. The summed E-state index contributed by atoms with van der Waals surface area (Å²) >= 11 is 0.